The summed E-state index contributed by atoms with van der Waals surface area (Å²) in [5, 5.41) is 2.87. The Bertz CT molecular complexity index is 1210. The molecule has 7 heteroatoms. The largest absolute Gasteiger partial charge is 0.496 e. The number of hydrogen-bond acceptors (Lipinski definition) is 6. The molecule has 1 atom stereocenters. The monoisotopic (exact) mass is 438 g/mol. The van der Waals surface area contributed by atoms with Crippen LogP contribution >= 0.6 is 11.3 Å². The molecule has 0 saturated heterocycles. The molecule has 0 saturated carbocycles. The molecule has 3 aromatic rings. The van der Waals surface area contributed by atoms with Crippen molar-refractivity contribution in [1.82, 2.24) is 9.55 Å². The van der Waals surface area contributed by atoms with Crippen molar-refractivity contribution in [3.63, 3.8) is 0 Å². The Balaban J connectivity index is 1.92. The SMILES string of the molecule is COCc1csc(-c2cc3c(cc2OC)-c2cc(=O)c(C(C)=O)cn2C(C(C)C)C3)n1. The third-order valence-electron chi connectivity index (χ3n) is 5.79. The van der Waals surface area contributed by atoms with Gasteiger partial charge in [-0.3, -0.25) is 9.59 Å². The molecule has 1 unspecified atom stereocenters. The van der Waals surface area contributed by atoms with Crippen LogP contribution in [0, 0.1) is 5.92 Å². The van der Waals surface area contributed by atoms with E-state index < -0.39 is 0 Å². The van der Waals surface area contributed by atoms with E-state index in [1.807, 2.05) is 11.4 Å². The normalized spacial score (nSPS) is 15.0. The fourth-order valence-corrected chi connectivity index (χ4v) is 5.02. The van der Waals surface area contributed by atoms with Crippen molar-refractivity contribution in [3.05, 3.63) is 56.8 Å². The van der Waals surface area contributed by atoms with Gasteiger partial charge < -0.3 is 14.0 Å². The van der Waals surface area contributed by atoms with E-state index in [-0.39, 0.29) is 22.8 Å². The van der Waals surface area contributed by atoms with Gasteiger partial charge in [-0.1, -0.05) is 13.8 Å². The highest BCUT2D eigenvalue weighted by Gasteiger charge is 2.29. The van der Waals surface area contributed by atoms with Crippen molar-refractivity contribution in [1.29, 1.82) is 0 Å². The molecular weight excluding hydrogens is 412 g/mol. The van der Waals surface area contributed by atoms with Gasteiger partial charge in [-0.2, -0.15) is 0 Å². The quantitative estimate of drug-likeness (QED) is 0.520. The maximum absolute atomic E-state index is 12.6. The first-order valence-corrected chi connectivity index (χ1v) is 11.1. The lowest BCUT2D eigenvalue weighted by Crippen LogP contribution is -2.27. The summed E-state index contributed by atoms with van der Waals surface area (Å²) in [4.78, 5) is 29.3. The number of hydrogen-bond donors (Lipinski definition) is 0. The Hall–Kier alpha value is -2.77. The molecule has 0 aliphatic carbocycles. The van der Waals surface area contributed by atoms with Crippen LogP contribution in [-0.2, 0) is 17.8 Å². The molecule has 31 heavy (non-hydrogen) atoms. The number of nitrogens with zero attached hydrogens (tertiary/aromatic N) is 2. The molecule has 0 fully saturated rings. The number of methoxy groups -OCH3 is 2. The zero-order valence-corrected chi connectivity index (χ0v) is 19.2. The van der Waals surface area contributed by atoms with Gasteiger partial charge in [-0.05, 0) is 37.0 Å². The average molecular weight is 439 g/mol. The molecule has 0 spiro atoms. The van der Waals surface area contributed by atoms with Crippen LogP contribution in [0.5, 0.6) is 5.75 Å². The van der Waals surface area contributed by atoms with E-state index in [1.165, 1.54) is 6.92 Å². The van der Waals surface area contributed by atoms with Crippen LogP contribution in [0.1, 0.15) is 48.4 Å². The van der Waals surface area contributed by atoms with Gasteiger partial charge in [-0.25, -0.2) is 4.98 Å². The maximum atomic E-state index is 12.6. The zero-order chi connectivity index (χ0) is 22.3. The summed E-state index contributed by atoms with van der Waals surface area (Å²) in [6.07, 6.45) is 2.53. The van der Waals surface area contributed by atoms with Gasteiger partial charge in [0.25, 0.3) is 0 Å². The minimum atomic E-state index is -0.249. The predicted octanol–water partition coefficient (Wildman–Crippen LogP) is 4.75. The molecule has 6 nitrogen and oxygen atoms in total. The lowest BCUT2D eigenvalue weighted by molar-refractivity contribution is 0.101. The van der Waals surface area contributed by atoms with Crippen molar-refractivity contribution >= 4 is 17.1 Å². The van der Waals surface area contributed by atoms with Gasteiger partial charge in [0.2, 0.25) is 0 Å². The molecule has 0 amide bonds. The minimum Gasteiger partial charge on any atom is -0.496 e. The molecule has 1 aromatic carbocycles. The number of thiazole rings is 1. The third-order valence-corrected chi connectivity index (χ3v) is 6.71. The number of ketones is 1. The smallest absolute Gasteiger partial charge is 0.192 e. The van der Waals surface area contributed by atoms with Crippen LogP contribution in [-0.4, -0.2) is 29.6 Å². The first-order valence-electron chi connectivity index (χ1n) is 10.3. The molecule has 4 rings (SSSR count). The van der Waals surface area contributed by atoms with Crippen molar-refractivity contribution in [2.75, 3.05) is 14.2 Å². The number of carbonyl (C=O) groups excluding carboxylic acids is 1. The molecule has 3 heterocycles. The first kappa shape index (κ1) is 21.5. The molecule has 1 aliphatic heterocycles. The molecule has 0 bridgehead atoms. The number of benzene rings is 1. The maximum Gasteiger partial charge on any atom is 0.192 e. The molecule has 0 N–H and O–H groups in total. The first-order chi connectivity index (χ1) is 14.8. The van der Waals surface area contributed by atoms with E-state index in [0.29, 0.717) is 18.3 Å². The molecule has 2 aromatic heterocycles. The highest BCUT2D eigenvalue weighted by molar-refractivity contribution is 7.13. The van der Waals surface area contributed by atoms with Crippen molar-refractivity contribution in [2.45, 2.75) is 39.8 Å². The van der Waals surface area contributed by atoms with Crippen molar-refractivity contribution < 1.29 is 14.3 Å². The summed E-state index contributed by atoms with van der Waals surface area (Å²) < 4.78 is 13.0. The molecule has 162 valence electrons. The predicted molar refractivity (Wildman–Crippen MR) is 122 cm³/mol. The summed E-state index contributed by atoms with van der Waals surface area (Å²) >= 11 is 1.56. The summed E-state index contributed by atoms with van der Waals surface area (Å²) in [7, 11) is 3.29. The number of aromatic nitrogens is 2. The number of ether oxygens (including phenoxy) is 2. The minimum absolute atomic E-state index is 0.141. The standard InChI is InChI=1S/C24H26N2O4S/c1-13(2)20-7-15-6-18(24-25-16(11-29-4)12-31-24)23(30-5)8-17(15)21-9-22(28)19(14(3)27)10-26(20)21/h6,8-10,12-13,20H,7,11H2,1-5H3. The fourth-order valence-electron chi connectivity index (χ4n) is 4.20. The Morgan fingerprint density at radius 2 is 2.03 bits per heavy atom. The van der Waals surface area contributed by atoms with Crippen LogP contribution in [0.2, 0.25) is 0 Å². The van der Waals surface area contributed by atoms with Gasteiger partial charge >= 0.3 is 0 Å². The second kappa shape index (κ2) is 8.40. The van der Waals surface area contributed by atoms with Crippen molar-refractivity contribution in [3.8, 4) is 27.6 Å². The van der Waals surface area contributed by atoms with E-state index in [1.54, 1.807) is 37.8 Å². The van der Waals surface area contributed by atoms with E-state index in [4.69, 9.17) is 14.5 Å². The lowest BCUT2D eigenvalue weighted by Gasteiger charge is -2.34. The van der Waals surface area contributed by atoms with E-state index in [0.717, 1.165) is 39.5 Å². The number of fused-ring (bicyclic) bond motifs is 3. The number of rotatable bonds is 6. The van der Waals surface area contributed by atoms with Crippen molar-refractivity contribution in [2.24, 2.45) is 5.92 Å². The van der Waals surface area contributed by atoms with Crippen LogP contribution in [0.25, 0.3) is 21.8 Å². The number of pyridine rings is 1. The van der Waals surface area contributed by atoms with Crippen LogP contribution in [0.15, 0.2) is 34.6 Å². The lowest BCUT2D eigenvalue weighted by atomic mass is 9.86. The number of Topliss-reactive ketones (excluding diaryl/α,β-unsaturated/α-hetero) is 1. The third kappa shape index (κ3) is 3.83. The zero-order valence-electron chi connectivity index (χ0n) is 18.4. The van der Waals surface area contributed by atoms with Crippen LogP contribution in [0.3, 0.4) is 0 Å². The summed E-state index contributed by atoms with van der Waals surface area (Å²) in [6, 6.07) is 5.84. The van der Waals surface area contributed by atoms with Gasteiger partial charge in [0.1, 0.15) is 10.8 Å². The highest BCUT2D eigenvalue weighted by Crippen LogP contribution is 2.43. The van der Waals surface area contributed by atoms with E-state index in [9.17, 15) is 9.59 Å². The Morgan fingerprint density at radius 1 is 1.26 bits per heavy atom. The van der Waals surface area contributed by atoms with Gasteiger partial charge in [0.15, 0.2) is 11.2 Å². The van der Waals surface area contributed by atoms with Crippen LogP contribution < -0.4 is 10.2 Å². The van der Waals surface area contributed by atoms with Gasteiger partial charge in [-0.15, -0.1) is 11.3 Å². The molecule has 0 radical (unpaired) electrons. The second-order valence-electron chi connectivity index (χ2n) is 8.20. The second-order valence-corrected chi connectivity index (χ2v) is 9.06. The van der Waals surface area contributed by atoms with Gasteiger partial charge in [0, 0.05) is 36.4 Å². The topological polar surface area (TPSA) is 70.4 Å². The Morgan fingerprint density at radius 3 is 2.68 bits per heavy atom. The Kier molecular flexibility index (Phi) is 5.81. The average Bonchev–Trinajstić information content (AvgIpc) is 3.20. The van der Waals surface area contributed by atoms with Gasteiger partial charge in [0.05, 0.1) is 36.2 Å². The van der Waals surface area contributed by atoms with E-state index in [2.05, 4.69) is 24.5 Å². The van der Waals surface area contributed by atoms with E-state index >= 15 is 0 Å². The summed E-state index contributed by atoms with van der Waals surface area (Å²) in [5.74, 6) is 0.819. The molecule has 1 aliphatic rings. The highest BCUT2D eigenvalue weighted by atomic mass is 32.1. The summed E-state index contributed by atoms with van der Waals surface area (Å²) in [5.41, 5.74) is 4.73. The van der Waals surface area contributed by atoms with Crippen LogP contribution in [0.4, 0.5) is 0 Å². The Labute approximate surface area is 185 Å². The summed E-state index contributed by atoms with van der Waals surface area (Å²) in [6.45, 7) is 6.22. The molecular formula is C24H26N2O4S. The fraction of sp³-hybridized carbons (Fsp3) is 0.375. The number of carbonyl (C=O) groups is 1.